The topological polar surface area (TPSA) is 117 Å². The molecule has 2 aromatic rings. The lowest BCUT2D eigenvalue weighted by Crippen LogP contribution is -2.28. The van der Waals surface area contributed by atoms with Gasteiger partial charge in [-0.1, -0.05) is 61.0 Å². The number of nitrogens with two attached hydrogens (primary N) is 2. The normalized spacial score (nSPS) is 13.2. The molecule has 0 spiro atoms. The molecule has 0 aromatic heterocycles. The van der Waals surface area contributed by atoms with E-state index in [0.717, 1.165) is 39.9 Å². The lowest BCUT2D eigenvalue weighted by atomic mass is 9.86. The number of nitrogens with one attached hydrogen (secondary N) is 1. The van der Waals surface area contributed by atoms with Gasteiger partial charge < -0.3 is 16.8 Å². The number of hydrogen-bond acceptors (Lipinski definition) is 5. The van der Waals surface area contributed by atoms with E-state index in [2.05, 4.69) is 23.3 Å². The Labute approximate surface area is 203 Å². The van der Waals surface area contributed by atoms with Gasteiger partial charge in [0.15, 0.2) is 0 Å². The molecule has 0 atom stereocenters. The molecule has 0 radical (unpaired) electrons. The highest BCUT2D eigenvalue weighted by molar-refractivity contribution is 6.20. The molecule has 0 aliphatic heterocycles. The van der Waals surface area contributed by atoms with Crippen LogP contribution >= 0.6 is 0 Å². The van der Waals surface area contributed by atoms with Crippen LogP contribution in [0.1, 0.15) is 63.3 Å². The number of benzene rings is 2. The van der Waals surface area contributed by atoms with Gasteiger partial charge in [0.1, 0.15) is 0 Å². The minimum Gasteiger partial charge on any atom is -0.404 e. The molecule has 6 heteroatoms. The highest BCUT2D eigenvalue weighted by Gasteiger charge is 2.19. The number of nitrogens with zero attached hydrogens (tertiary/aromatic N) is 2. The van der Waals surface area contributed by atoms with Gasteiger partial charge >= 0.3 is 0 Å². The van der Waals surface area contributed by atoms with Crippen LogP contribution in [0.4, 0.5) is 0 Å². The SMILES string of the molecule is CCC(C)=C(N)c1ccc(CNC(=O)C(=CN)C(C)=NCc2ccc(C(C)(C)C#N)cc2)cc1. The van der Waals surface area contributed by atoms with Crippen LogP contribution in [0.15, 0.2) is 70.9 Å². The zero-order valence-electron chi connectivity index (χ0n) is 20.8. The van der Waals surface area contributed by atoms with Gasteiger partial charge in [-0.2, -0.15) is 5.26 Å². The van der Waals surface area contributed by atoms with Gasteiger partial charge in [-0.25, -0.2) is 0 Å². The van der Waals surface area contributed by atoms with Crippen molar-refractivity contribution >= 4 is 17.3 Å². The van der Waals surface area contributed by atoms with Crippen LogP contribution in [0.3, 0.4) is 0 Å². The summed E-state index contributed by atoms with van der Waals surface area (Å²) in [5.41, 5.74) is 18.1. The van der Waals surface area contributed by atoms with E-state index in [4.69, 9.17) is 11.5 Å². The van der Waals surface area contributed by atoms with E-state index in [1.54, 1.807) is 6.92 Å². The number of hydrogen-bond donors (Lipinski definition) is 3. The first kappa shape index (κ1) is 26.4. The molecule has 34 heavy (non-hydrogen) atoms. The summed E-state index contributed by atoms with van der Waals surface area (Å²) in [5, 5.41) is 12.2. The Balaban J connectivity index is 2.00. The molecule has 6 nitrogen and oxygen atoms in total. The van der Waals surface area contributed by atoms with Gasteiger partial charge in [0, 0.05) is 24.2 Å². The maximum atomic E-state index is 12.7. The summed E-state index contributed by atoms with van der Waals surface area (Å²) in [6.07, 6.45) is 2.19. The fraction of sp³-hybridized carbons (Fsp3) is 0.321. The maximum Gasteiger partial charge on any atom is 0.254 e. The third kappa shape index (κ3) is 6.82. The van der Waals surface area contributed by atoms with E-state index in [1.807, 2.05) is 69.3 Å². The predicted octanol–water partition coefficient (Wildman–Crippen LogP) is 4.71. The molecule has 0 heterocycles. The Bertz CT molecular complexity index is 1130. The fourth-order valence-corrected chi connectivity index (χ4v) is 3.26. The molecular weight excluding hydrogens is 422 g/mol. The van der Waals surface area contributed by atoms with Crippen molar-refractivity contribution in [2.45, 2.75) is 59.5 Å². The van der Waals surface area contributed by atoms with Crippen LogP contribution in [0.2, 0.25) is 0 Å². The quantitative estimate of drug-likeness (QED) is 0.373. The van der Waals surface area contributed by atoms with Crippen molar-refractivity contribution in [2.75, 3.05) is 0 Å². The minimum atomic E-state index is -0.538. The van der Waals surface area contributed by atoms with Gasteiger partial charge in [-0.3, -0.25) is 9.79 Å². The third-order valence-electron chi connectivity index (χ3n) is 5.96. The molecule has 0 aliphatic rings. The number of allylic oxidation sites excluding steroid dienone is 1. The smallest absolute Gasteiger partial charge is 0.254 e. The zero-order valence-corrected chi connectivity index (χ0v) is 20.8. The Morgan fingerprint density at radius 3 is 2.21 bits per heavy atom. The molecule has 0 aliphatic carbocycles. The van der Waals surface area contributed by atoms with Crippen molar-refractivity contribution in [3.05, 3.63) is 88.1 Å². The predicted molar refractivity (Wildman–Crippen MR) is 140 cm³/mol. The molecule has 0 fully saturated rings. The van der Waals surface area contributed by atoms with E-state index >= 15 is 0 Å². The van der Waals surface area contributed by atoms with Crippen LogP contribution in [-0.2, 0) is 23.3 Å². The highest BCUT2D eigenvalue weighted by Crippen LogP contribution is 2.22. The maximum absolute atomic E-state index is 12.7. The first-order valence-electron chi connectivity index (χ1n) is 11.4. The number of aliphatic imine (C=N–C) groups is 1. The van der Waals surface area contributed by atoms with E-state index in [0.29, 0.717) is 24.4 Å². The summed E-state index contributed by atoms with van der Waals surface area (Å²) in [5.74, 6) is -0.278. The van der Waals surface area contributed by atoms with Gasteiger partial charge in [0.25, 0.3) is 5.91 Å². The van der Waals surface area contributed by atoms with Crippen LogP contribution in [0.5, 0.6) is 0 Å². The van der Waals surface area contributed by atoms with Crippen LogP contribution in [-0.4, -0.2) is 11.6 Å². The van der Waals surface area contributed by atoms with E-state index in [1.165, 1.54) is 6.20 Å². The molecule has 0 bridgehead atoms. The standard InChI is InChI=1S/C28H35N5O/c1-6-19(2)26(31)23-11-7-21(8-12-23)17-33-27(34)25(15-29)20(3)32-16-22-9-13-24(14-10-22)28(4,5)18-30/h7-15H,6,16-17,29,31H2,1-5H3,(H,33,34). The van der Waals surface area contributed by atoms with Crippen molar-refractivity contribution in [2.24, 2.45) is 16.5 Å². The molecule has 0 saturated carbocycles. The van der Waals surface area contributed by atoms with Crippen LogP contribution in [0, 0.1) is 11.3 Å². The van der Waals surface area contributed by atoms with Crippen molar-refractivity contribution in [3.8, 4) is 6.07 Å². The van der Waals surface area contributed by atoms with Gasteiger partial charge in [-0.05, 0) is 56.4 Å². The molecule has 2 aromatic carbocycles. The number of rotatable bonds is 9. The number of carbonyl (C=O) groups excluding carboxylic acids is 1. The Hall–Kier alpha value is -3.85. The second-order valence-electron chi connectivity index (χ2n) is 8.84. The molecule has 0 saturated heterocycles. The second kappa shape index (κ2) is 11.9. The third-order valence-corrected chi connectivity index (χ3v) is 5.96. The monoisotopic (exact) mass is 457 g/mol. The number of nitriles is 1. The lowest BCUT2D eigenvalue weighted by Gasteiger charge is -2.15. The molecule has 5 N–H and O–H groups in total. The second-order valence-corrected chi connectivity index (χ2v) is 8.84. The zero-order chi connectivity index (χ0) is 25.3. The van der Waals surface area contributed by atoms with E-state index in [-0.39, 0.29) is 5.91 Å². The Kier molecular flexibility index (Phi) is 9.20. The van der Waals surface area contributed by atoms with Crippen molar-refractivity contribution in [1.29, 1.82) is 5.26 Å². The van der Waals surface area contributed by atoms with Gasteiger partial charge in [-0.15, -0.1) is 0 Å². The average molecular weight is 458 g/mol. The number of amides is 1. The van der Waals surface area contributed by atoms with Crippen molar-refractivity contribution in [1.82, 2.24) is 5.32 Å². The van der Waals surface area contributed by atoms with Crippen LogP contribution in [0.25, 0.3) is 5.70 Å². The molecule has 0 unspecified atom stereocenters. The molecular formula is C28H35N5O. The Morgan fingerprint density at radius 1 is 1.09 bits per heavy atom. The first-order valence-corrected chi connectivity index (χ1v) is 11.4. The molecule has 178 valence electrons. The fourth-order valence-electron chi connectivity index (χ4n) is 3.26. The first-order chi connectivity index (χ1) is 16.1. The summed E-state index contributed by atoms with van der Waals surface area (Å²) in [6.45, 7) is 10.4. The van der Waals surface area contributed by atoms with Gasteiger partial charge in [0.05, 0.1) is 23.6 Å². The van der Waals surface area contributed by atoms with Crippen molar-refractivity contribution in [3.63, 3.8) is 0 Å². The highest BCUT2D eigenvalue weighted by atomic mass is 16.1. The van der Waals surface area contributed by atoms with E-state index in [9.17, 15) is 10.1 Å². The van der Waals surface area contributed by atoms with Gasteiger partial charge in [0.2, 0.25) is 0 Å². The largest absolute Gasteiger partial charge is 0.404 e. The van der Waals surface area contributed by atoms with E-state index < -0.39 is 5.41 Å². The summed E-state index contributed by atoms with van der Waals surface area (Å²) in [7, 11) is 0. The number of carbonyl (C=O) groups is 1. The summed E-state index contributed by atoms with van der Waals surface area (Å²) < 4.78 is 0. The average Bonchev–Trinajstić information content (AvgIpc) is 2.86. The minimum absolute atomic E-state index is 0.278. The summed E-state index contributed by atoms with van der Waals surface area (Å²) in [4.78, 5) is 17.2. The lowest BCUT2D eigenvalue weighted by molar-refractivity contribution is -0.117. The Morgan fingerprint density at radius 2 is 1.68 bits per heavy atom. The van der Waals surface area contributed by atoms with Crippen molar-refractivity contribution < 1.29 is 4.79 Å². The summed E-state index contributed by atoms with van der Waals surface area (Å²) in [6, 6.07) is 17.9. The van der Waals surface area contributed by atoms with Crippen LogP contribution < -0.4 is 16.8 Å². The summed E-state index contributed by atoms with van der Waals surface area (Å²) >= 11 is 0. The molecule has 2 rings (SSSR count). The molecule has 1 amide bonds.